The van der Waals surface area contributed by atoms with Gasteiger partial charge < -0.3 is 10.1 Å². The fourth-order valence-electron chi connectivity index (χ4n) is 4.00. The molecule has 0 fully saturated rings. The first kappa shape index (κ1) is 19.6. The summed E-state index contributed by atoms with van der Waals surface area (Å²) in [6.45, 7) is 11.4. The van der Waals surface area contributed by atoms with Crippen LogP contribution in [0.1, 0.15) is 43.9 Å². The largest absolute Gasteiger partial charge is 0.502 e. The third-order valence-electron chi connectivity index (χ3n) is 5.32. The number of nitrogens with one attached hydrogen (secondary N) is 1. The van der Waals surface area contributed by atoms with Gasteiger partial charge in [-0.2, -0.15) is 0 Å². The SMILES string of the molecule is [C-]#[N+]c1cc(-c2ncc(-c3cccc4c3CCC[C@@H]4NC)s2)ccc1OC(C)C. The van der Waals surface area contributed by atoms with Crippen molar-refractivity contribution in [1.82, 2.24) is 10.3 Å². The molecule has 148 valence electrons. The van der Waals surface area contributed by atoms with Crippen LogP contribution < -0.4 is 10.1 Å². The summed E-state index contributed by atoms with van der Waals surface area (Å²) in [5.74, 6) is 0.630. The van der Waals surface area contributed by atoms with E-state index in [0.717, 1.165) is 17.0 Å². The summed E-state index contributed by atoms with van der Waals surface area (Å²) in [7, 11) is 2.04. The van der Waals surface area contributed by atoms with Gasteiger partial charge in [0.2, 0.25) is 5.69 Å². The lowest BCUT2D eigenvalue weighted by Crippen LogP contribution is -2.21. The Morgan fingerprint density at radius 2 is 2.14 bits per heavy atom. The molecule has 0 aliphatic heterocycles. The minimum absolute atomic E-state index is 0.0403. The van der Waals surface area contributed by atoms with Crippen molar-refractivity contribution < 1.29 is 4.74 Å². The summed E-state index contributed by atoms with van der Waals surface area (Å²) in [5, 5.41) is 4.38. The van der Waals surface area contributed by atoms with E-state index < -0.39 is 0 Å². The van der Waals surface area contributed by atoms with Crippen molar-refractivity contribution in [3.63, 3.8) is 0 Å². The maximum Gasteiger partial charge on any atom is 0.228 e. The number of hydrogen-bond acceptors (Lipinski definition) is 4. The summed E-state index contributed by atoms with van der Waals surface area (Å²) in [5.41, 5.74) is 5.63. The molecular formula is C24H25N3OS. The zero-order valence-corrected chi connectivity index (χ0v) is 17.8. The summed E-state index contributed by atoms with van der Waals surface area (Å²) in [4.78, 5) is 9.50. The van der Waals surface area contributed by atoms with Gasteiger partial charge in [-0.1, -0.05) is 24.3 Å². The molecule has 0 amide bonds. The molecule has 1 aliphatic carbocycles. The minimum Gasteiger partial charge on any atom is -0.502 e. The molecule has 0 spiro atoms. The van der Waals surface area contributed by atoms with Crippen LogP contribution in [0.3, 0.4) is 0 Å². The van der Waals surface area contributed by atoms with Gasteiger partial charge in [0.15, 0.2) is 0 Å². The fraction of sp³-hybridized carbons (Fsp3) is 0.333. The molecule has 29 heavy (non-hydrogen) atoms. The Morgan fingerprint density at radius 3 is 2.90 bits per heavy atom. The fourth-order valence-corrected chi connectivity index (χ4v) is 4.97. The van der Waals surface area contributed by atoms with Crippen molar-refractivity contribution in [3.8, 4) is 26.8 Å². The Morgan fingerprint density at radius 1 is 1.28 bits per heavy atom. The molecule has 3 aromatic rings. The third-order valence-corrected chi connectivity index (χ3v) is 6.40. The first-order valence-electron chi connectivity index (χ1n) is 10.0. The molecule has 1 heterocycles. The number of aromatic nitrogens is 1. The average molecular weight is 404 g/mol. The van der Waals surface area contributed by atoms with Crippen molar-refractivity contribution in [3.05, 3.63) is 65.1 Å². The van der Waals surface area contributed by atoms with E-state index in [1.54, 1.807) is 11.3 Å². The van der Waals surface area contributed by atoms with Crippen LogP contribution in [0.25, 0.3) is 25.9 Å². The normalized spacial score (nSPS) is 15.8. The van der Waals surface area contributed by atoms with Gasteiger partial charge in [-0.25, -0.2) is 9.83 Å². The average Bonchev–Trinajstić information content (AvgIpc) is 3.22. The van der Waals surface area contributed by atoms with Crippen molar-refractivity contribution >= 4 is 17.0 Å². The van der Waals surface area contributed by atoms with E-state index in [4.69, 9.17) is 11.3 Å². The summed E-state index contributed by atoms with van der Waals surface area (Å²) < 4.78 is 5.75. The number of hydrogen-bond donors (Lipinski definition) is 1. The highest BCUT2D eigenvalue weighted by Crippen LogP contribution is 2.41. The second-order valence-corrected chi connectivity index (χ2v) is 8.63. The van der Waals surface area contributed by atoms with Crippen molar-refractivity contribution in [2.24, 2.45) is 0 Å². The number of benzene rings is 2. The molecule has 1 atom stereocenters. The van der Waals surface area contributed by atoms with Crippen LogP contribution in [0.2, 0.25) is 0 Å². The van der Waals surface area contributed by atoms with Gasteiger partial charge >= 0.3 is 0 Å². The highest BCUT2D eigenvalue weighted by Gasteiger charge is 2.22. The summed E-state index contributed by atoms with van der Waals surface area (Å²) >= 11 is 1.68. The maximum absolute atomic E-state index is 7.49. The van der Waals surface area contributed by atoms with Crippen LogP contribution in [0.4, 0.5) is 5.69 Å². The van der Waals surface area contributed by atoms with Gasteiger partial charge in [-0.3, -0.25) is 0 Å². The first-order chi connectivity index (χ1) is 14.1. The lowest BCUT2D eigenvalue weighted by molar-refractivity contribution is 0.244. The molecule has 1 aliphatic rings. The van der Waals surface area contributed by atoms with Gasteiger partial charge in [0, 0.05) is 17.8 Å². The van der Waals surface area contributed by atoms with Crippen molar-refractivity contribution in [2.45, 2.75) is 45.3 Å². The Bertz CT molecular complexity index is 1060. The molecule has 0 bridgehead atoms. The Hall–Kier alpha value is -2.68. The van der Waals surface area contributed by atoms with Crippen LogP contribution in [-0.2, 0) is 6.42 Å². The monoisotopic (exact) mass is 403 g/mol. The molecule has 1 N–H and O–H groups in total. The Balaban J connectivity index is 1.69. The van der Waals surface area contributed by atoms with Gasteiger partial charge in [0.1, 0.15) is 10.8 Å². The van der Waals surface area contributed by atoms with E-state index in [0.29, 0.717) is 17.5 Å². The van der Waals surface area contributed by atoms with Gasteiger partial charge in [-0.05, 0) is 69.0 Å². The smallest absolute Gasteiger partial charge is 0.228 e. The molecular weight excluding hydrogens is 378 g/mol. The summed E-state index contributed by atoms with van der Waals surface area (Å²) in [6.07, 6.45) is 5.51. The molecule has 0 saturated carbocycles. The molecule has 4 rings (SSSR count). The predicted octanol–water partition coefficient (Wildman–Crippen LogP) is 6.41. The second-order valence-electron chi connectivity index (χ2n) is 7.60. The summed E-state index contributed by atoms with van der Waals surface area (Å²) in [6, 6.07) is 12.8. The van der Waals surface area contributed by atoms with Crippen LogP contribution >= 0.6 is 11.3 Å². The van der Waals surface area contributed by atoms with Crippen LogP contribution in [-0.4, -0.2) is 18.1 Å². The molecule has 0 unspecified atom stereocenters. The Kier molecular flexibility index (Phi) is 5.66. The molecule has 0 radical (unpaired) electrons. The molecule has 2 aromatic carbocycles. The Labute approximate surface area is 176 Å². The van der Waals surface area contributed by atoms with E-state index in [-0.39, 0.29) is 6.10 Å². The highest BCUT2D eigenvalue weighted by atomic mass is 32.1. The van der Waals surface area contributed by atoms with E-state index in [1.165, 1.54) is 34.4 Å². The third kappa shape index (κ3) is 3.91. The minimum atomic E-state index is 0.0403. The lowest BCUT2D eigenvalue weighted by atomic mass is 9.84. The van der Waals surface area contributed by atoms with Crippen LogP contribution in [0.15, 0.2) is 42.6 Å². The van der Waals surface area contributed by atoms with E-state index >= 15 is 0 Å². The van der Waals surface area contributed by atoms with E-state index in [2.05, 4.69) is 33.3 Å². The standard InChI is InChI=1S/C24H25N3OS/c1-15(2)28-22-12-11-16(13-21(22)26-4)24-27-14-23(29-24)19-9-5-8-18-17(19)7-6-10-20(18)25-3/h5,8-9,11-15,20,25H,6-7,10H2,1-3H3/t20-/m0/s1. The maximum atomic E-state index is 7.49. The number of thiazole rings is 1. The zero-order valence-electron chi connectivity index (χ0n) is 17.0. The molecule has 0 saturated heterocycles. The number of fused-ring (bicyclic) bond motifs is 1. The van der Waals surface area contributed by atoms with Gasteiger partial charge in [0.05, 0.1) is 17.6 Å². The molecule has 4 nitrogen and oxygen atoms in total. The quantitative estimate of drug-likeness (QED) is 0.500. The van der Waals surface area contributed by atoms with E-state index in [9.17, 15) is 0 Å². The predicted molar refractivity (Wildman–Crippen MR) is 120 cm³/mol. The van der Waals surface area contributed by atoms with Gasteiger partial charge in [-0.15, -0.1) is 11.3 Å². The van der Waals surface area contributed by atoms with Crippen LogP contribution in [0.5, 0.6) is 5.75 Å². The zero-order chi connectivity index (χ0) is 20.4. The van der Waals surface area contributed by atoms with E-state index in [1.807, 2.05) is 45.3 Å². The van der Waals surface area contributed by atoms with Crippen molar-refractivity contribution in [2.75, 3.05) is 7.05 Å². The second kappa shape index (κ2) is 8.36. The first-order valence-corrected chi connectivity index (χ1v) is 10.9. The highest BCUT2D eigenvalue weighted by molar-refractivity contribution is 7.18. The molecule has 1 aromatic heterocycles. The van der Waals surface area contributed by atoms with Gasteiger partial charge in [0.25, 0.3) is 0 Å². The lowest BCUT2D eigenvalue weighted by Gasteiger charge is -2.26. The topological polar surface area (TPSA) is 38.5 Å². The number of rotatable bonds is 5. The van der Waals surface area contributed by atoms with Crippen molar-refractivity contribution in [1.29, 1.82) is 0 Å². The van der Waals surface area contributed by atoms with Crippen LogP contribution in [0, 0.1) is 6.57 Å². The number of nitrogens with zero attached hydrogens (tertiary/aromatic N) is 2. The molecule has 5 heteroatoms. The number of ether oxygens (including phenoxy) is 1.